The fraction of sp³-hybridized carbons (Fsp3) is 0.458. The van der Waals surface area contributed by atoms with Crippen molar-refractivity contribution >= 4 is 5.97 Å². The van der Waals surface area contributed by atoms with Crippen molar-refractivity contribution in [2.24, 2.45) is 11.8 Å². The normalized spacial score (nSPS) is 20.1. The number of benzene rings is 2. The van der Waals surface area contributed by atoms with E-state index < -0.39 is 5.97 Å². The molecule has 2 atom stereocenters. The van der Waals surface area contributed by atoms with Gasteiger partial charge in [0.15, 0.2) is 0 Å². The molecule has 4 heteroatoms. The Kier molecular flexibility index (Phi) is 6.40. The molecule has 0 spiro atoms. The molecule has 28 heavy (non-hydrogen) atoms. The fourth-order valence-corrected chi connectivity index (χ4v) is 4.34. The summed E-state index contributed by atoms with van der Waals surface area (Å²) in [6.07, 6.45) is 0.773. The molecule has 0 saturated carbocycles. The number of carbonyl (C=O) groups is 1. The van der Waals surface area contributed by atoms with E-state index in [0.717, 1.165) is 36.4 Å². The first-order valence-electron chi connectivity index (χ1n) is 10.1. The van der Waals surface area contributed by atoms with Gasteiger partial charge in [-0.2, -0.15) is 0 Å². The molecule has 1 aliphatic heterocycles. The van der Waals surface area contributed by atoms with Gasteiger partial charge in [-0.15, -0.1) is 0 Å². The first-order chi connectivity index (χ1) is 13.3. The summed E-state index contributed by atoms with van der Waals surface area (Å²) in [6, 6.07) is 12.7. The van der Waals surface area contributed by atoms with Gasteiger partial charge in [0.25, 0.3) is 0 Å². The molecule has 0 aliphatic carbocycles. The molecule has 2 unspecified atom stereocenters. The van der Waals surface area contributed by atoms with Crippen LogP contribution >= 0.6 is 0 Å². The minimum absolute atomic E-state index is 0.261. The van der Waals surface area contributed by atoms with Crippen molar-refractivity contribution in [1.82, 2.24) is 4.90 Å². The largest absolute Gasteiger partial charge is 0.488 e. The van der Waals surface area contributed by atoms with Gasteiger partial charge < -0.3 is 9.84 Å². The van der Waals surface area contributed by atoms with Crippen LogP contribution in [0.3, 0.4) is 0 Å². The second-order valence-electron chi connectivity index (χ2n) is 8.41. The molecule has 4 nitrogen and oxygen atoms in total. The maximum atomic E-state index is 11.4. The van der Waals surface area contributed by atoms with Crippen LogP contribution in [-0.2, 0) is 17.9 Å². The number of aliphatic carboxylic acids is 1. The predicted molar refractivity (Wildman–Crippen MR) is 112 cm³/mol. The van der Waals surface area contributed by atoms with Crippen LogP contribution in [0.5, 0.6) is 5.75 Å². The van der Waals surface area contributed by atoms with Crippen molar-refractivity contribution < 1.29 is 14.6 Å². The molecule has 3 rings (SSSR count). The number of carboxylic acid groups (broad SMARTS) is 1. The Labute approximate surface area is 168 Å². The number of hydrogen-bond donors (Lipinski definition) is 1. The first kappa shape index (κ1) is 20.4. The fourth-order valence-electron chi connectivity index (χ4n) is 4.34. The van der Waals surface area contributed by atoms with E-state index in [-0.39, 0.29) is 5.92 Å². The number of rotatable bonds is 6. The van der Waals surface area contributed by atoms with E-state index >= 15 is 0 Å². The average molecular weight is 382 g/mol. The number of nitrogens with zero attached hydrogens (tertiary/aromatic N) is 1. The van der Waals surface area contributed by atoms with Gasteiger partial charge in [-0.05, 0) is 55.4 Å². The van der Waals surface area contributed by atoms with Crippen LogP contribution in [0.2, 0.25) is 0 Å². The third-order valence-electron chi connectivity index (χ3n) is 5.48. The molecule has 0 radical (unpaired) electrons. The summed E-state index contributed by atoms with van der Waals surface area (Å²) in [6.45, 7) is 11.3. The van der Waals surface area contributed by atoms with E-state index in [1.54, 1.807) is 0 Å². The molecule has 1 heterocycles. The number of piperidine rings is 1. The number of ether oxygens (including phenoxy) is 1. The smallest absolute Gasteiger partial charge is 0.307 e. The lowest BCUT2D eigenvalue weighted by Gasteiger charge is -2.34. The summed E-state index contributed by atoms with van der Waals surface area (Å²) in [4.78, 5) is 13.7. The Bertz CT molecular complexity index is 822. The lowest BCUT2D eigenvalue weighted by atomic mass is 9.90. The third-order valence-corrected chi connectivity index (χ3v) is 5.48. The SMILES string of the molecule is Cc1cccc(COc2c(C)cc(CN3CC(C)CC(C(=O)O)C3)cc2C)c1. The molecule has 150 valence electrons. The van der Waals surface area contributed by atoms with Gasteiger partial charge in [-0.1, -0.05) is 48.9 Å². The molecule has 0 bridgehead atoms. The lowest BCUT2D eigenvalue weighted by Crippen LogP contribution is -2.41. The van der Waals surface area contributed by atoms with Crippen molar-refractivity contribution in [2.45, 2.75) is 47.3 Å². The zero-order chi connectivity index (χ0) is 20.3. The molecule has 0 aromatic heterocycles. The summed E-state index contributed by atoms with van der Waals surface area (Å²) < 4.78 is 6.13. The zero-order valence-electron chi connectivity index (χ0n) is 17.4. The molecule has 1 fully saturated rings. The van der Waals surface area contributed by atoms with Gasteiger partial charge >= 0.3 is 5.97 Å². The zero-order valence-corrected chi connectivity index (χ0v) is 17.4. The van der Waals surface area contributed by atoms with Gasteiger partial charge in [0.1, 0.15) is 12.4 Å². The van der Waals surface area contributed by atoms with E-state index in [4.69, 9.17) is 4.74 Å². The number of aryl methyl sites for hydroxylation is 3. The van der Waals surface area contributed by atoms with Crippen LogP contribution in [-0.4, -0.2) is 29.1 Å². The van der Waals surface area contributed by atoms with Gasteiger partial charge in [-0.25, -0.2) is 0 Å². The maximum absolute atomic E-state index is 11.4. The van der Waals surface area contributed by atoms with Gasteiger partial charge in [0.2, 0.25) is 0 Å². The Morgan fingerprint density at radius 3 is 2.46 bits per heavy atom. The topological polar surface area (TPSA) is 49.8 Å². The molecule has 0 amide bonds. The highest BCUT2D eigenvalue weighted by Crippen LogP contribution is 2.28. The van der Waals surface area contributed by atoms with E-state index in [2.05, 4.69) is 69.0 Å². The molecular weight excluding hydrogens is 350 g/mol. The van der Waals surface area contributed by atoms with Crippen molar-refractivity contribution in [3.05, 3.63) is 64.2 Å². The number of carboxylic acids is 1. The van der Waals surface area contributed by atoms with Crippen molar-refractivity contribution in [2.75, 3.05) is 13.1 Å². The van der Waals surface area contributed by atoms with E-state index in [0.29, 0.717) is 19.1 Å². The minimum atomic E-state index is -0.677. The Morgan fingerprint density at radius 1 is 1.11 bits per heavy atom. The van der Waals surface area contributed by atoms with E-state index in [1.807, 2.05) is 0 Å². The second kappa shape index (κ2) is 8.78. The van der Waals surface area contributed by atoms with Crippen LogP contribution in [0, 0.1) is 32.6 Å². The molecular formula is C24H31NO3. The van der Waals surface area contributed by atoms with Crippen LogP contribution in [0.4, 0.5) is 0 Å². The van der Waals surface area contributed by atoms with Crippen LogP contribution in [0.15, 0.2) is 36.4 Å². The van der Waals surface area contributed by atoms with Gasteiger partial charge in [0, 0.05) is 19.6 Å². The predicted octanol–water partition coefficient (Wildman–Crippen LogP) is 4.73. The Balaban J connectivity index is 1.68. The highest BCUT2D eigenvalue weighted by Gasteiger charge is 2.29. The molecule has 2 aromatic rings. The van der Waals surface area contributed by atoms with Gasteiger partial charge in [-0.3, -0.25) is 9.69 Å². The summed E-state index contributed by atoms with van der Waals surface area (Å²) in [5, 5.41) is 9.39. The molecule has 1 aliphatic rings. The minimum Gasteiger partial charge on any atom is -0.488 e. The van der Waals surface area contributed by atoms with Crippen LogP contribution < -0.4 is 4.74 Å². The monoisotopic (exact) mass is 381 g/mol. The summed E-state index contributed by atoms with van der Waals surface area (Å²) >= 11 is 0. The molecule has 2 aromatic carbocycles. The lowest BCUT2D eigenvalue weighted by molar-refractivity contribution is -0.144. The Morgan fingerprint density at radius 2 is 1.82 bits per heavy atom. The van der Waals surface area contributed by atoms with Crippen molar-refractivity contribution in [1.29, 1.82) is 0 Å². The van der Waals surface area contributed by atoms with E-state index in [1.165, 1.54) is 16.7 Å². The second-order valence-corrected chi connectivity index (χ2v) is 8.41. The highest BCUT2D eigenvalue weighted by atomic mass is 16.5. The van der Waals surface area contributed by atoms with Crippen molar-refractivity contribution in [3.8, 4) is 5.75 Å². The standard InChI is InChI=1S/C24H31NO3/c1-16-6-5-7-20(8-16)15-28-23-18(3)10-21(11-19(23)4)13-25-12-17(2)9-22(14-25)24(26)27/h5-8,10-11,17,22H,9,12-15H2,1-4H3,(H,26,27). The van der Waals surface area contributed by atoms with Crippen LogP contribution in [0.1, 0.15) is 41.2 Å². The average Bonchev–Trinajstić information content (AvgIpc) is 2.60. The van der Waals surface area contributed by atoms with Crippen LogP contribution in [0.25, 0.3) is 0 Å². The van der Waals surface area contributed by atoms with Crippen molar-refractivity contribution in [3.63, 3.8) is 0 Å². The maximum Gasteiger partial charge on any atom is 0.307 e. The number of hydrogen-bond acceptors (Lipinski definition) is 3. The third kappa shape index (κ3) is 5.14. The van der Waals surface area contributed by atoms with Gasteiger partial charge in [0.05, 0.1) is 5.92 Å². The highest BCUT2D eigenvalue weighted by molar-refractivity contribution is 5.70. The Hall–Kier alpha value is -2.33. The quantitative estimate of drug-likeness (QED) is 0.786. The summed E-state index contributed by atoms with van der Waals surface area (Å²) in [7, 11) is 0. The number of likely N-dealkylation sites (tertiary alicyclic amines) is 1. The summed E-state index contributed by atoms with van der Waals surface area (Å²) in [5.41, 5.74) is 5.88. The first-order valence-corrected chi connectivity index (χ1v) is 10.1. The summed E-state index contributed by atoms with van der Waals surface area (Å²) in [5.74, 6) is 0.418. The van der Waals surface area contributed by atoms with E-state index in [9.17, 15) is 9.90 Å². The molecule has 1 saturated heterocycles. The molecule has 1 N–H and O–H groups in total.